The average Bonchev–Trinajstić information content (AvgIpc) is 2.36. The predicted octanol–water partition coefficient (Wildman–Crippen LogP) is 3.70. The molecule has 104 valence electrons. The van der Waals surface area contributed by atoms with Crippen molar-refractivity contribution < 1.29 is 4.39 Å². The zero-order chi connectivity index (χ0) is 14.0. The van der Waals surface area contributed by atoms with Crippen molar-refractivity contribution in [3.8, 4) is 0 Å². The van der Waals surface area contributed by atoms with Crippen molar-refractivity contribution in [1.29, 1.82) is 0 Å². The van der Waals surface area contributed by atoms with Crippen LogP contribution in [0.5, 0.6) is 0 Å². The van der Waals surface area contributed by atoms with E-state index >= 15 is 0 Å². The molecular weight excluding hydrogens is 259 g/mol. The molecule has 1 aliphatic carbocycles. The lowest BCUT2D eigenvalue weighted by atomic mass is 9.78. The van der Waals surface area contributed by atoms with Crippen LogP contribution < -0.4 is 11.1 Å². The number of hydrogen-bond donors (Lipinski definition) is 2. The van der Waals surface area contributed by atoms with E-state index < -0.39 is 0 Å². The molecule has 4 heteroatoms. The quantitative estimate of drug-likeness (QED) is 0.829. The van der Waals surface area contributed by atoms with Crippen LogP contribution in [0.4, 0.5) is 10.1 Å². The maximum atomic E-state index is 13.3. The highest BCUT2D eigenvalue weighted by Crippen LogP contribution is 2.32. The molecule has 1 aromatic rings. The van der Waals surface area contributed by atoms with Crippen LogP contribution in [-0.4, -0.2) is 11.0 Å². The molecule has 1 aliphatic rings. The third kappa shape index (κ3) is 3.24. The summed E-state index contributed by atoms with van der Waals surface area (Å²) in [6, 6.07) is 4.99. The van der Waals surface area contributed by atoms with Gasteiger partial charge in [0, 0.05) is 17.3 Å². The van der Waals surface area contributed by atoms with Gasteiger partial charge in [-0.3, -0.25) is 0 Å². The minimum Gasteiger partial charge on any atom is -0.389 e. The highest BCUT2D eigenvalue weighted by atomic mass is 32.1. The SMILES string of the molecule is CC1CCCC(Nc2ccc(F)cc2C(N)=S)C1C. The maximum absolute atomic E-state index is 13.3. The van der Waals surface area contributed by atoms with Crippen molar-refractivity contribution in [2.24, 2.45) is 17.6 Å². The molecule has 0 spiro atoms. The van der Waals surface area contributed by atoms with Crippen LogP contribution in [0, 0.1) is 17.7 Å². The van der Waals surface area contributed by atoms with E-state index in [1.807, 2.05) is 0 Å². The van der Waals surface area contributed by atoms with E-state index in [2.05, 4.69) is 19.2 Å². The van der Waals surface area contributed by atoms with Crippen molar-refractivity contribution >= 4 is 22.9 Å². The van der Waals surface area contributed by atoms with Crippen molar-refractivity contribution in [3.63, 3.8) is 0 Å². The second-order valence-electron chi connectivity index (χ2n) is 5.57. The number of nitrogens with one attached hydrogen (secondary N) is 1. The first kappa shape index (κ1) is 14.3. The Morgan fingerprint density at radius 1 is 1.37 bits per heavy atom. The minimum atomic E-state index is -0.307. The molecule has 0 radical (unpaired) electrons. The molecule has 0 heterocycles. The van der Waals surface area contributed by atoms with Gasteiger partial charge in [-0.05, 0) is 36.5 Å². The van der Waals surface area contributed by atoms with E-state index in [0.29, 0.717) is 23.4 Å². The van der Waals surface area contributed by atoms with Gasteiger partial charge in [0.05, 0.1) is 0 Å². The Morgan fingerprint density at radius 2 is 2.11 bits per heavy atom. The Morgan fingerprint density at radius 3 is 2.79 bits per heavy atom. The standard InChI is InChI=1S/C15H21FN2S/c1-9-4-3-5-13(10(9)2)18-14-7-6-11(16)8-12(14)15(17)19/h6-10,13,18H,3-5H2,1-2H3,(H2,17,19). The van der Waals surface area contributed by atoms with E-state index in [-0.39, 0.29) is 10.8 Å². The van der Waals surface area contributed by atoms with Gasteiger partial charge in [0.25, 0.3) is 0 Å². The molecule has 19 heavy (non-hydrogen) atoms. The molecule has 0 saturated heterocycles. The van der Waals surface area contributed by atoms with E-state index in [4.69, 9.17) is 18.0 Å². The molecule has 1 aromatic carbocycles. The van der Waals surface area contributed by atoms with Gasteiger partial charge >= 0.3 is 0 Å². The Labute approximate surface area is 119 Å². The summed E-state index contributed by atoms with van der Waals surface area (Å²) >= 11 is 5.00. The van der Waals surface area contributed by atoms with Crippen LogP contribution in [0.1, 0.15) is 38.7 Å². The third-order valence-electron chi connectivity index (χ3n) is 4.29. The number of halogens is 1. The average molecular weight is 280 g/mol. The molecule has 1 fully saturated rings. The van der Waals surface area contributed by atoms with Gasteiger partial charge in [0.2, 0.25) is 0 Å². The molecule has 2 rings (SSSR count). The fourth-order valence-electron chi connectivity index (χ4n) is 2.83. The number of hydrogen-bond acceptors (Lipinski definition) is 2. The molecule has 2 nitrogen and oxygen atoms in total. The van der Waals surface area contributed by atoms with Crippen molar-refractivity contribution in [1.82, 2.24) is 0 Å². The number of thiocarbonyl (C=S) groups is 1. The Kier molecular flexibility index (Phi) is 4.40. The smallest absolute Gasteiger partial charge is 0.124 e. The van der Waals surface area contributed by atoms with Crippen LogP contribution >= 0.6 is 12.2 Å². The van der Waals surface area contributed by atoms with Crippen molar-refractivity contribution in [2.75, 3.05) is 5.32 Å². The lowest BCUT2D eigenvalue weighted by molar-refractivity contribution is 0.253. The molecule has 0 bridgehead atoms. The zero-order valence-corrected chi connectivity index (χ0v) is 12.3. The van der Waals surface area contributed by atoms with Gasteiger partial charge < -0.3 is 11.1 Å². The molecule has 0 amide bonds. The fraction of sp³-hybridized carbons (Fsp3) is 0.533. The van der Waals surface area contributed by atoms with Gasteiger partial charge in [-0.25, -0.2) is 4.39 Å². The van der Waals surface area contributed by atoms with E-state index in [1.54, 1.807) is 6.07 Å². The number of benzene rings is 1. The van der Waals surface area contributed by atoms with E-state index in [9.17, 15) is 4.39 Å². The largest absolute Gasteiger partial charge is 0.389 e. The lowest BCUT2D eigenvalue weighted by Gasteiger charge is -2.35. The second-order valence-corrected chi connectivity index (χ2v) is 6.01. The Bertz CT molecular complexity index is 475. The summed E-state index contributed by atoms with van der Waals surface area (Å²) < 4.78 is 13.3. The Hall–Kier alpha value is -1.16. The van der Waals surface area contributed by atoms with Crippen LogP contribution in [0.2, 0.25) is 0 Å². The summed E-state index contributed by atoms with van der Waals surface area (Å²) in [5.41, 5.74) is 7.12. The molecule has 3 unspecified atom stereocenters. The summed E-state index contributed by atoms with van der Waals surface area (Å²) in [5, 5.41) is 3.50. The summed E-state index contributed by atoms with van der Waals surface area (Å²) in [6.45, 7) is 4.56. The molecule has 3 atom stereocenters. The van der Waals surface area contributed by atoms with Crippen LogP contribution in [0.3, 0.4) is 0 Å². The normalized spacial score (nSPS) is 27.0. The lowest BCUT2D eigenvalue weighted by Crippen LogP contribution is -2.35. The van der Waals surface area contributed by atoms with Gasteiger partial charge in [-0.15, -0.1) is 0 Å². The first-order chi connectivity index (χ1) is 8.99. The van der Waals surface area contributed by atoms with Crippen molar-refractivity contribution in [2.45, 2.75) is 39.2 Å². The number of nitrogens with two attached hydrogens (primary N) is 1. The molecule has 3 N–H and O–H groups in total. The van der Waals surface area contributed by atoms with Gasteiger partial charge in [0.15, 0.2) is 0 Å². The van der Waals surface area contributed by atoms with Crippen LogP contribution in [0.15, 0.2) is 18.2 Å². The minimum absolute atomic E-state index is 0.235. The van der Waals surface area contributed by atoms with E-state index in [1.165, 1.54) is 25.0 Å². The Balaban J connectivity index is 2.21. The highest BCUT2D eigenvalue weighted by molar-refractivity contribution is 7.80. The van der Waals surface area contributed by atoms with Crippen LogP contribution in [0.25, 0.3) is 0 Å². The number of anilines is 1. The molecule has 1 saturated carbocycles. The summed E-state index contributed by atoms with van der Waals surface area (Å²) in [6.07, 6.45) is 3.65. The predicted molar refractivity (Wildman–Crippen MR) is 81.9 cm³/mol. The van der Waals surface area contributed by atoms with Gasteiger partial charge in [-0.2, -0.15) is 0 Å². The second kappa shape index (κ2) is 5.87. The van der Waals surface area contributed by atoms with Gasteiger partial charge in [0.1, 0.15) is 10.8 Å². The van der Waals surface area contributed by atoms with Crippen molar-refractivity contribution in [3.05, 3.63) is 29.6 Å². The topological polar surface area (TPSA) is 38.0 Å². The summed E-state index contributed by atoms with van der Waals surface area (Å²) in [5.74, 6) is 0.997. The number of rotatable bonds is 3. The zero-order valence-electron chi connectivity index (χ0n) is 11.4. The maximum Gasteiger partial charge on any atom is 0.124 e. The summed E-state index contributed by atoms with van der Waals surface area (Å²) in [4.78, 5) is 0.235. The molecule has 0 aliphatic heterocycles. The fourth-order valence-corrected chi connectivity index (χ4v) is 3.00. The van der Waals surface area contributed by atoms with Crippen LogP contribution in [-0.2, 0) is 0 Å². The highest BCUT2D eigenvalue weighted by Gasteiger charge is 2.27. The molecular formula is C15H21FN2S. The first-order valence-electron chi connectivity index (χ1n) is 6.85. The first-order valence-corrected chi connectivity index (χ1v) is 7.25. The third-order valence-corrected chi connectivity index (χ3v) is 4.51. The molecule has 0 aromatic heterocycles. The van der Waals surface area contributed by atoms with E-state index in [0.717, 1.165) is 12.1 Å². The monoisotopic (exact) mass is 280 g/mol. The van der Waals surface area contributed by atoms with Gasteiger partial charge in [-0.1, -0.05) is 38.9 Å². The summed E-state index contributed by atoms with van der Waals surface area (Å²) in [7, 11) is 0.